The fourth-order valence-corrected chi connectivity index (χ4v) is 3.15. The van der Waals surface area contributed by atoms with Crippen LogP contribution in [0.1, 0.15) is 10.4 Å². The van der Waals surface area contributed by atoms with Gasteiger partial charge in [-0.25, -0.2) is 4.98 Å². The molecule has 2 amide bonds. The molecule has 0 aliphatic heterocycles. The minimum Gasteiger partial charge on any atom is -0.406 e. The lowest BCUT2D eigenvalue weighted by molar-refractivity contribution is -0.274. The van der Waals surface area contributed by atoms with Gasteiger partial charge in [0.2, 0.25) is 5.91 Å². The Labute approximate surface area is 161 Å². The Balaban J connectivity index is 1.58. The van der Waals surface area contributed by atoms with Crippen molar-refractivity contribution in [3.8, 4) is 5.75 Å². The molecule has 3 rings (SSSR count). The second-order valence-corrected chi connectivity index (χ2v) is 6.70. The van der Waals surface area contributed by atoms with E-state index in [0.29, 0.717) is 5.56 Å². The Bertz CT molecular complexity index is 1000. The Morgan fingerprint density at radius 2 is 1.89 bits per heavy atom. The maximum absolute atomic E-state index is 12.5. The first-order chi connectivity index (χ1) is 13.2. The van der Waals surface area contributed by atoms with Crippen molar-refractivity contribution in [1.82, 2.24) is 9.88 Å². The van der Waals surface area contributed by atoms with Crippen LogP contribution in [0.4, 0.5) is 18.9 Å². The van der Waals surface area contributed by atoms with Crippen LogP contribution in [0, 0.1) is 0 Å². The summed E-state index contributed by atoms with van der Waals surface area (Å²) < 4.78 is 41.1. The Kier molecular flexibility index (Phi) is 5.50. The number of carbonyl (C=O) groups is 2. The van der Waals surface area contributed by atoms with Gasteiger partial charge in [0.25, 0.3) is 5.91 Å². The van der Waals surface area contributed by atoms with Crippen LogP contribution in [0.3, 0.4) is 0 Å². The number of thiazole rings is 1. The predicted molar refractivity (Wildman–Crippen MR) is 98.3 cm³/mol. The molecule has 10 heteroatoms. The van der Waals surface area contributed by atoms with Crippen LogP contribution in [0.5, 0.6) is 5.75 Å². The number of nitrogens with zero attached hydrogens (tertiary/aromatic N) is 2. The van der Waals surface area contributed by atoms with E-state index >= 15 is 0 Å². The molecular formula is C18H14F3N3O3S. The summed E-state index contributed by atoms with van der Waals surface area (Å²) in [5, 5.41) is 2.52. The van der Waals surface area contributed by atoms with Gasteiger partial charge >= 0.3 is 6.36 Å². The smallest absolute Gasteiger partial charge is 0.406 e. The quantitative estimate of drug-likeness (QED) is 0.694. The van der Waals surface area contributed by atoms with Crippen LogP contribution in [0.2, 0.25) is 0 Å². The van der Waals surface area contributed by atoms with Crippen LogP contribution < -0.4 is 10.1 Å². The van der Waals surface area contributed by atoms with Gasteiger partial charge < -0.3 is 15.0 Å². The zero-order valence-corrected chi connectivity index (χ0v) is 15.3. The van der Waals surface area contributed by atoms with Crippen molar-refractivity contribution in [2.45, 2.75) is 6.36 Å². The number of aromatic nitrogens is 1. The number of alkyl halides is 3. The molecule has 0 unspecified atom stereocenters. The van der Waals surface area contributed by atoms with E-state index in [1.54, 1.807) is 23.7 Å². The number of ether oxygens (including phenoxy) is 1. The van der Waals surface area contributed by atoms with E-state index in [4.69, 9.17) is 0 Å². The molecule has 1 aromatic heterocycles. The van der Waals surface area contributed by atoms with Crippen LogP contribution in [0.15, 0.2) is 48.0 Å². The second kappa shape index (κ2) is 7.85. The third kappa shape index (κ3) is 4.97. The first-order valence-corrected chi connectivity index (χ1v) is 8.83. The zero-order chi connectivity index (χ0) is 20.3. The normalized spacial score (nSPS) is 11.3. The lowest BCUT2D eigenvalue weighted by Gasteiger charge is -2.17. The minimum atomic E-state index is -4.78. The number of benzene rings is 2. The van der Waals surface area contributed by atoms with Crippen LogP contribution in [-0.2, 0) is 4.79 Å². The summed E-state index contributed by atoms with van der Waals surface area (Å²) in [5.74, 6) is -1.21. The van der Waals surface area contributed by atoms with Crippen molar-refractivity contribution in [3.05, 3.63) is 53.5 Å². The molecule has 28 heavy (non-hydrogen) atoms. The Morgan fingerprint density at radius 1 is 1.18 bits per heavy atom. The molecule has 0 atom stereocenters. The van der Waals surface area contributed by atoms with E-state index < -0.39 is 18.0 Å². The molecule has 1 heterocycles. The van der Waals surface area contributed by atoms with Gasteiger partial charge in [0, 0.05) is 18.3 Å². The molecular weight excluding hydrogens is 395 g/mol. The number of hydrogen-bond donors (Lipinski definition) is 1. The fraction of sp³-hybridized carbons (Fsp3) is 0.167. The number of carbonyl (C=O) groups excluding carboxylic acids is 2. The summed E-state index contributed by atoms with van der Waals surface area (Å²) in [6.45, 7) is -0.222. The molecule has 0 fully saturated rings. The van der Waals surface area contributed by atoms with Gasteiger partial charge in [0.1, 0.15) is 5.75 Å². The minimum absolute atomic E-state index is 0.222. The largest absolute Gasteiger partial charge is 0.573 e. The Hall–Kier alpha value is -3.14. The van der Waals surface area contributed by atoms with E-state index in [0.717, 1.165) is 22.3 Å². The molecule has 6 nitrogen and oxygen atoms in total. The highest BCUT2D eigenvalue weighted by Crippen LogP contribution is 2.24. The first-order valence-electron chi connectivity index (χ1n) is 7.96. The first kappa shape index (κ1) is 19.6. The molecule has 0 aliphatic carbocycles. The highest BCUT2D eigenvalue weighted by molar-refractivity contribution is 7.16. The van der Waals surface area contributed by atoms with Crippen LogP contribution >= 0.6 is 11.3 Å². The van der Waals surface area contributed by atoms with Gasteiger partial charge in [-0.3, -0.25) is 9.59 Å². The molecule has 0 radical (unpaired) electrons. The number of nitrogens with one attached hydrogen (secondary N) is 1. The van der Waals surface area contributed by atoms with Crippen LogP contribution in [0.25, 0.3) is 10.2 Å². The summed E-state index contributed by atoms with van der Waals surface area (Å²) in [4.78, 5) is 30.0. The van der Waals surface area contributed by atoms with Gasteiger partial charge in [-0.05, 0) is 42.5 Å². The number of anilines is 1. The SMILES string of the molecule is CN(CC(=O)Nc1ccc(OC(F)(F)F)cc1)C(=O)c1ccc2ncsc2c1. The number of halogens is 3. The maximum Gasteiger partial charge on any atom is 0.573 e. The highest BCUT2D eigenvalue weighted by atomic mass is 32.1. The van der Waals surface area contributed by atoms with Gasteiger partial charge in [-0.2, -0.15) is 0 Å². The van der Waals surface area contributed by atoms with E-state index in [1.165, 1.54) is 35.4 Å². The van der Waals surface area contributed by atoms with Crippen LogP contribution in [-0.4, -0.2) is 41.7 Å². The predicted octanol–water partition coefficient (Wildman–Crippen LogP) is 3.91. The van der Waals surface area contributed by atoms with Gasteiger partial charge in [-0.15, -0.1) is 24.5 Å². The lowest BCUT2D eigenvalue weighted by Crippen LogP contribution is -2.34. The molecule has 0 saturated heterocycles. The topological polar surface area (TPSA) is 71.5 Å². The van der Waals surface area contributed by atoms with Crippen molar-refractivity contribution in [2.24, 2.45) is 0 Å². The average molecular weight is 409 g/mol. The summed E-state index contributed by atoms with van der Waals surface area (Å²) >= 11 is 1.41. The number of rotatable bonds is 5. The highest BCUT2D eigenvalue weighted by Gasteiger charge is 2.31. The number of likely N-dealkylation sites (N-methyl/N-ethyl adjacent to an activating group) is 1. The number of fused-ring (bicyclic) bond motifs is 1. The maximum atomic E-state index is 12.5. The average Bonchev–Trinajstić information content (AvgIpc) is 3.09. The molecule has 1 N–H and O–H groups in total. The summed E-state index contributed by atoms with van der Waals surface area (Å²) in [7, 11) is 1.49. The monoisotopic (exact) mass is 409 g/mol. The molecule has 146 valence electrons. The lowest BCUT2D eigenvalue weighted by atomic mass is 10.2. The van der Waals surface area contributed by atoms with Crippen molar-refractivity contribution >= 4 is 39.1 Å². The Morgan fingerprint density at radius 3 is 2.57 bits per heavy atom. The van der Waals surface area contributed by atoms with Gasteiger partial charge in [0.05, 0.1) is 22.3 Å². The molecule has 0 spiro atoms. The van der Waals surface area contributed by atoms with Crippen molar-refractivity contribution in [3.63, 3.8) is 0 Å². The van der Waals surface area contributed by atoms with Crippen molar-refractivity contribution in [2.75, 3.05) is 18.9 Å². The van der Waals surface area contributed by atoms with Crippen molar-refractivity contribution in [1.29, 1.82) is 0 Å². The summed E-state index contributed by atoms with van der Waals surface area (Å²) in [6.07, 6.45) is -4.78. The zero-order valence-electron chi connectivity index (χ0n) is 14.5. The third-order valence-electron chi connectivity index (χ3n) is 3.68. The fourth-order valence-electron chi connectivity index (χ4n) is 2.44. The van der Waals surface area contributed by atoms with Gasteiger partial charge in [-0.1, -0.05) is 0 Å². The number of amides is 2. The van der Waals surface area contributed by atoms with E-state index in [9.17, 15) is 22.8 Å². The molecule has 2 aromatic carbocycles. The van der Waals surface area contributed by atoms with E-state index in [2.05, 4.69) is 15.0 Å². The van der Waals surface area contributed by atoms with E-state index in [1.807, 2.05) is 0 Å². The van der Waals surface area contributed by atoms with Gasteiger partial charge in [0.15, 0.2) is 0 Å². The second-order valence-electron chi connectivity index (χ2n) is 5.82. The standard InChI is InChI=1S/C18H14F3N3O3S/c1-24(17(26)11-2-7-14-15(8-11)28-10-22-14)9-16(25)23-12-3-5-13(6-4-12)27-18(19,20)21/h2-8,10H,9H2,1H3,(H,23,25). The molecule has 0 aliphatic rings. The van der Waals surface area contributed by atoms with E-state index in [-0.39, 0.29) is 18.1 Å². The molecule has 3 aromatic rings. The number of hydrogen-bond acceptors (Lipinski definition) is 5. The third-order valence-corrected chi connectivity index (χ3v) is 4.47. The summed E-state index contributed by atoms with van der Waals surface area (Å²) in [6, 6.07) is 9.81. The molecule has 0 saturated carbocycles. The molecule has 0 bridgehead atoms. The summed E-state index contributed by atoms with van der Waals surface area (Å²) in [5.41, 5.74) is 3.19. The van der Waals surface area contributed by atoms with Crippen molar-refractivity contribution < 1.29 is 27.5 Å².